The largest absolute Gasteiger partial charge is 0.387 e. The second kappa shape index (κ2) is 3.67. The van der Waals surface area contributed by atoms with Crippen LogP contribution in [0.2, 0.25) is 0 Å². The molecule has 1 aliphatic heterocycles. The predicted octanol–water partition coefficient (Wildman–Crippen LogP) is 2.42. The van der Waals surface area contributed by atoms with Gasteiger partial charge in [-0.05, 0) is 25.7 Å². The molecule has 5 heteroatoms. The van der Waals surface area contributed by atoms with Crippen LogP contribution in [0.1, 0.15) is 38.5 Å². The zero-order valence-electron chi connectivity index (χ0n) is 10.6. The van der Waals surface area contributed by atoms with Gasteiger partial charge in [-0.2, -0.15) is 0 Å². The van der Waals surface area contributed by atoms with Gasteiger partial charge in [0.05, 0.1) is 11.2 Å². The second-order valence-corrected chi connectivity index (χ2v) is 9.18. The van der Waals surface area contributed by atoms with Gasteiger partial charge < -0.3 is 14.9 Å². The summed E-state index contributed by atoms with van der Waals surface area (Å²) in [5, 5.41) is 22.1. The minimum Gasteiger partial charge on any atom is -0.387 e. The number of hydrogen-bond donors (Lipinski definition) is 2. The Morgan fingerprint density at radius 3 is 1.74 bits per heavy atom. The molecule has 0 unspecified atom stereocenters. The number of epoxide rings is 1. The van der Waals surface area contributed by atoms with Crippen LogP contribution in [-0.2, 0) is 4.74 Å². The summed E-state index contributed by atoms with van der Waals surface area (Å²) >= 11 is 7.24. The molecule has 0 spiro atoms. The highest BCUT2D eigenvalue weighted by Gasteiger charge is 2.79. The van der Waals surface area contributed by atoms with Crippen molar-refractivity contribution in [2.45, 2.75) is 70.6 Å². The highest BCUT2D eigenvalue weighted by molar-refractivity contribution is 9.12. The van der Waals surface area contributed by atoms with Gasteiger partial charge >= 0.3 is 0 Å². The average Bonchev–Trinajstić information content (AvgIpc) is 2.94. The van der Waals surface area contributed by atoms with Gasteiger partial charge in [0.25, 0.3) is 0 Å². The van der Waals surface area contributed by atoms with E-state index < -0.39 is 11.2 Å². The molecule has 3 aliphatic carbocycles. The van der Waals surface area contributed by atoms with E-state index in [-0.39, 0.29) is 20.9 Å². The second-order valence-electron chi connectivity index (χ2n) is 6.83. The third kappa shape index (κ3) is 1.54. The Labute approximate surface area is 129 Å². The van der Waals surface area contributed by atoms with Gasteiger partial charge in [0.2, 0.25) is 0 Å². The van der Waals surface area contributed by atoms with Crippen molar-refractivity contribution in [1.82, 2.24) is 0 Å². The molecule has 3 fully saturated rings. The van der Waals surface area contributed by atoms with E-state index in [0.29, 0.717) is 25.7 Å². The first-order valence-electron chi connectivity index (χ1n) is 6.92. The summed E-state index contributed by atoms with van der Waals surface area (Å²) in [4.78, 5) is 0.388. The Morgan fingerprint density at radius 1 is 0.895 bits per heavy atom. The molecular formula is C14H18Br2O3. The first kappa shape index (κ1) is 13.3. The molecular weight excluding hydrogens is 376 g/mol. The fraction of sp³-hybridized carbons (Fsp3) is 0.857. The monoisotopic (exact) mass is 392 g/mol. The van der Waals surface area contributed by atoms with Crippen LogP contribution in [0.4, 0.5) is 0 Å². The predicted molar refractivity (Wildman–Crippen MR) is 78.7 cm³/mol. The quantitative estimate of drug-likeness (QED) is 0.377. The van der Waals surface area contributed by atoms with Crippen molar-refractivity contribution in [3.63, 3.8) is 0 Å². The molecule has 4 rings (SSSR count). The van der Waals surface area contributed by atoms with E-state index in [2.05, 4.69) is 44.0 Å². The number of halogens is 2. The molecule has 4 aliphatic rings. The van der Waals surface area contributed by atoms with Crippen LogP contribution in [0.3, 0.4) is 0 Å². The van der Waals surface area contributed by atoms with Crippen molar-refractivity contribution in [1.29, 1.82) is 0 Å². The van der Waals surface area contributed by atoms with Gasteiger partial charge in [-0.1, -0.05) is 44.0 Å². The van der Waals surface area contributed by atoms with E-state index in [1.165, 1.54) is 0 Å². The fourth-order valence-electron chi connectivity index (χ4n) is 4.59. The van der Waals surface area contributed by atoms with E-state index in [1.54, 1.807) is 0 Å². The number of alkyl halides is 2. The third-order valence-corrected chi connectivity index (χ3v) is 8.35. The van der Waals surface area contributed by atoms with Gasteiger partial charge in [0, 0.05) is 22.5 Å². The molecule has 6 atom stereocenters. The Bertz CT molecular complexity index is 430. The molecule has 2 saturated carbocycles. The molecule has 106 valence electrons. The van der Waals surface area contributed by atoms with Crippen LogP contribution in [-0.4, -0.2) is 42.3 Å². The Morgan fingerprint density at radius 2 is 1.32 bits per heavy atom. The number of fused-ring (bicyclic) bond motifs is 1. The lowest BCUT2D eigenvalue weighted by Gasteiger charge is -2.55. The van der Waals surface area contributed by atoms with Crippen molar-refractivity contribution in [3.05, 3.63) is 12.2 Å². The lowest BCUT2D eigenvalue weighted by molar-refractivity contribution is -0.199. The normalized spacial score (nSPS) is 62.9. The summed E-state index contributed by atoms with van der Waals surface area (Å²) in [6, 6.07) is 0. The van der Waals surface area contributed by atoms with E-state index in [1.807, 2.05) is 0 Å². The van der Waals surface area contributed by atoms with E-state index >= 15 is 0 Å². The first-order valence-corrected chi connectivity index (χ1v) is 8.75. The molecule has 0 aromatic rings. The van der Waals surface area contributed by atoms with Gasteiger partial charge in [0.1, 0.15) is 11.2 Å². The number of aliphatic hydroxyl groups is 2. The van der Waals surface area contributed by atoms with Gasteiger partial charge in [-0.3, -0.25) is 0 Å². The molecule has 19 heavy (non-hydrogen) atoms. The molecule has 1 saturated heterocycles. The standard InChI is InChI=1S/C14H18Br2O3/c15-9-5-11(17)7-13-3-1-2-4-14(13,19-13)8-12(11,18)6-10(9)16/h1-2,9-10,17-18H,3-8H2/t9-,10-,11-,12-,13-,14+/m0/s1. The Kier molecular flexibility index (Phi) is 2.56. The SMILES string of the molecule is O[C@]12C[C@H](Br)[C@@H](Br)C[C@]1(O)C[C@@]13CC=CC[C@]1(C2)O3. The number of hydrogen-bond acceptors (Lipinski definition) is 3. The van der Waals surface area contributed by atoms with Gasteiger partial charge in [0.15, 0.2) is 0 Å². The fourth-order valence-corrected chi connectivity index (χ4v) is 6.03. The highest BCUT2D eigenvalue weighted by Crippen LogP contribution is 2.69. The molecule has 0 radical (unpaired) electrons. The molecule has 0 amide bonds. The van der Waals surface area contributed by atoms with E-state index in [9.17, 15) is 10.2 Å². The molecule has 0 aromatic heterocycles. The summed E-state index contributed by atoms with van der Waals surface area (Å²) in [5.74, 6) is 0. The minimum atomic E-state index is -1.03. The third-order valence-electron chi connectivity index (χ3n) is 5.72. The maximum Gasteiger partial charge on any atom is 0.105 e. The van der Waals surface area contributed by atoms with Crippen molar-refractivity contribution >= 4 is 31.9 Å². The molecule has 1 heterocycles. The lowest BCUT2D eigenvalue weighted by atomic mass is 9.56. The van der Waals surface area contributed by atoms with Crippen molar-refractivity contribution in [3.8, 4) is 0 Å². The Hall–Kier alpha value is 0.580. The summed E-state index contributed by atoms with van der Waals surface area (Å²) in [6.45, 7) is 0. The van der Waals surface area contributed by atoms with Crippen LogP contribution in [0, 0.1) is 0 Å². The van der Waals surface area contributed by atoms with Crippen LogP contribution in [0.15, 0.2) is 12.2 Å². The Balaban J connectivity index is 1.73. The lowest BCUT2D eigenvalue weighted by Crippen LogP contribution is -2.67. The van der Waals surface area contributed by atoms with Gasteiger partial charge in [-0.15, -0.1) is 0 Å². The number of rotatable bonds is 0. The minimum absolute atomic E-state index is 0.194. The number of ether oxygens (including phenoxy) is 1. The smallest absolute Gasteiger partial charge is 0.105 e. The van der Waals surface area contributed by atoms with Crippen LogP contribution in [0.5, 0.6) is 0 Å². The van der Waals surface area contributed by atoms with E-state index in [4.69, 9.17) is 4.74 Å². The molecule has 0 aromatic carbocycles. The summed E-state index contributed by atoms with van der Waals surface area (Å²) in [5.41, 5.74) is -2.49. The molecule has 3 nitrogen and oxygen atoms in total. The first-order chi connectivity index (χ1) is 8.84. The maximum absolute atomic E-state index is 11.1. The summed E-state index contributed by atoms with van der Waals surface area (Å²) in [6.07, 6.45) is 8.31. The summed E-state index contributed by atoms with van der Waals surface area (Å²) < 4.78 is 6.09. The van der Waals surface area contributed by atoms with Crippen molar-refractivity contribution < 1.29 is 14.9 Å². The van der Waals surface area contributed by atoms with Crippen LogP contribution >= 0.6 is 31.9 Å². The zero-order chi connectivity index (χ0) is 13.5. The van der Waals surface area contributed by atoms with Gasteiger partial charge in [-0.25, -0.2) is 0 Å². The summed E-state index contributed by atoms with van der Waals surface area (Å²) in [7, 11) is 0. The average molecular weight is 394 g/mol. The van der Waals surface area contributed by atoms with Crippen LogP contribution < -0.4 is 0 Å². The highest BCUT2D eigenvalue weighted by atomic mass is 79.9. The zero-order valence-corrected chi connectivity index (χ0v) is 13.8. The van der Waals surface area contributed by atoms with E-state index in [0.717, 1.165) is 12.8 Å². The maximum atomic E-state index is 11.1. The van der Waals surface area contributed by atoms with Crippen molar-refractivity contribution in [2.75, 3.05) is 0 Å². The topological polar surface area (TPSA) is 53.0 Å². The molecule has 2 N–H and O–H groups in total. The molecule has 0 bridgehead atoms. The van der Waals surface area contributed by atoms with Crippen LogP contribution in [0.25, 0.3) is 0 Å². The van der Waals surface area contributed by atoms with Crippen molar-refractivity contribution in [2.24, 2.45) is 0 Å².